The summed E-state index contributed by atoms with van der Waals surface area (Å²) >= 11 is 0. The maximum Gasteiger partial charge on any atom is 0.123 e. The van der Waals surface area contributed by atoms with E-state index in [1.54, 1.807) is 12.1 Å². The van der Waals surface area contributed by atoms with Crippen LogP contribution in [0.5, 0.6) is 0 Å². The van der Waals surface area contributed by atoms with E-state index in [1.165, 1.54) is 34.4 Å². The Labute approximate surface area is 191 Å². The summed E-state index contributed by atoms with van der Waals surface area (Å²) in [4.78, 5) is 0. The Bertz CT molecular complexity index is 1120. The van der Waals surface area contributed by atoms with Crippen molar-refractivity contribution < 1.29 is 4.39 Å². The molecule has 0 spiro atoms. The lowest BCUT2D eigenvalue weighted by atomic mass is 9.93. The largest absolute Gasteiger partial charge is 0.207 e. The normalized spacial score (nSPS) is 12.2. The molecule has 1 unspecified atom stereocenters. The Balaban J connectivity index is 1.28. The number of halogens is 1. The number of hydrogen-bond donors (Lipinski definition) is 0. The summed E-state index contributed by atoms with van der Waals surface area (Å²) in [5.74, 6) is 0.320. The number of hydrogen-bond acceptors (Lipinski definition) is 0. The quantitative estimate of drug-likeness (QED) is 0.252. The standard InChI is InChI=1S/C31H29F/c1-24(30-5-3-2-4-6-30)23-29-17-15-27(16-18-29)12-11-25-7-9-26(10-8-25)13-14-28-19-21-31(32)22-20-28/h2-10,13-22,24H,11-12,23H2,1H3/b14-13+. The van der Waals surface area contributed by atoms with Crippen molar-refractivity contribution in [1.29, 1.82) is 0 Å². The van der Waals surface area contributed by atoms with Crippen molar-refractivity contribution in [2.75, 3.05) is 0 Å². The molecule has 0 amide bonds. The smallest absolute Gasteiger partial charge is 0.123 e. The van der Waals surface area contributed by atoms with Crippen LogP contribution < -0.4 is 0 Å². The molecule has 0 N–H and O–H groups in total. The Morgan fingerprint density at radius 2 is 1.06 bits per heavy atom. The Hall–Kier alpha value is -3.45. The molecule has 1 atom stereocenters. The molecule has 0 aliphatic heterocycles. The van der Waals surface area contributed by atoms with Crippen LogP contribution in [0.1, 0.15) is 46.2 Å². The third-order valence-corrected chi connectivity index (χ3v) is 5.95. The van der Waals surface area contributed by atoms with Crippen molar-refractivity contribution >= 4 is 12.2 Å². The molecule has 0 saturated carbocycles. The highest BCUT2D eigenvalue weighted by molar-refractivity contribution is 5.69. The number of aryl methyl sites for hydroxylation is 2. The van der Waals surface area contributed by atoms with E-state index in [1.807, 2.05) is 6.08 Å². The van der Waals surface area contributed by atoms with Crippen molar-refractivity contribution in [2.24, 2.45) is 0 Å². The first-order chi connectivity index (χ1) is 15.7. The van der Waals surface area contributed by atoms with Gasteiger partial charge in [0.05, 0.1) is 0 Å². The zero-order valence-electron chi connectivity index (χ0n) is 18.5. The molecule has 0 aliphatic carbocycles. The Morgan fingerprint density at radius 3 is 1.62 bits per heavy atom. The van der Waals surface area contributed by atoms with Crippen molar-refractivity contribution in [3.63, 3.8) is 0 Å². The van der Waals surface area contributed by atoms with Gasteiger partial charge in [0, 0.05) is 0 Å². The summed E-state index contributed by atoms with van der Waals surface area (Å²) in [5, 5.41) is 0. The van der Waals surface area contributed by atoms with Crippen LogP contribution in [0.2, 0.25) is 0 Å². The monoisotopic (exact) mass is 420 g/mol. The predicted octanol–water partition coefficient (Wildman–Crippen LogP) is 8.13. The summed E-state index contributed by atoms with van der Waals surface area (Å²) in [5.41, 5.74) is 7.65. The van der Waals surface area contributed by atoms with E-state index in [9.17, 15) is 4.39 Å². The second kappa shape index (κ2) is 10.7. The lowest BCUT2D eigenvalue weighted by molar-refractivity contribution is 0.628. The van der Waals surface area contributed by atoms with Gasteiger partial charge < -0.3 is 0 Å². The van der Waals surface area contributed by atoms with Crippen LogP contribution >= 0.6 is 0 Å². The average Bonchev–Trinajstić information content (AvgIpc) is 2.84. The zero-order valence-corrected chi connectivity index (χ0v) is 18.5. The van der Waals surface area contributed by atoms with Crippen molar-refractivity contribution in [1.82, 2.24) is 0 Å². The molecule has 1 heteroatoms. The summed E-state index contributed by atoms with van der Waals surface area (Å²) < 4.78 is 13.0. The molecule has 4 aromatic carbocycles. The van der Waals surface area contributed by atoms with E-state index in [4.69, 9.17) is 0 Å². The van der Waals surface area contributed by atoms with Crippen molar-refractivity contribution in [3.8, 4) is 0 Å². The van der Waals surface area contributed by atoms with Gasteiger partial charge in [0.15, 0.2) is 0 Å². The van der Waals surface area contributed by atoms with E-state index in [-0.39, 0.29) is 5.82 Å². The Morgan fingerprint density at radius 1 is 0.594 bits per heavy atom. The average molecular weight is 421 g/mol. The molecule has 4 rings (SSSR count). The van der Waals surface area contributed by atoms with Crippen molar-refractivity contribution in [3.05, 3.63) is 142 Å². The highest BCUT2D eigenvalue weighted by Gasteiger charge is 2.06. The van der Waals surface area contributed by atoms with Crippen molar-refractivity contribution in [2.45, 2.75) is 32.1 Å². The van der Waals surface area contributed by atoms with Crippen LogP contribution in [-0.4, -0.2) is 0 Å². The van der Waals surface area contributed by atoms with Crippen LogP contribution in [0.15, 0.2) is 103 Å². The lowest BCUT2D eigenvalue weighted by Gasteiger charge is -2.12. The van der Waals surface area contributed by atoms with E-state index in [0.29, 0.717) is 5.92 Å². The summed E-state index contributed by atoms with van der Waals surface area (Å²) in [7, 11) is 0. The third kappa shape index (κ3) is 6.28. The van der Waals surface area contributed by atoms with Gasteiger partial charge in [-0.25, -0.2) is 4.39 Å². The molecule has 0 bridgehead atoms. The van der Waals surface area contributed by atoms with E-state index >= 15 is 0 Å². The molecule has 0 heterocycles. The van der Waals surface area contributed by atoms with Gasteiger partial charge in [0.1, 0.15) is 5.82 Å². The van der Waals surface area contributed by atoms with E-state index < -0.39 is 0 Å². The molecule has 0 nitrogen and oxygen atoms in total. The van der Waals surface area contributed by atoms with Crippen LogP contribution in [0.25, 0.3) is 12.2 Å². The highest BCUT2D eigenvalue weighted by atomic mass is 19.1. The maximum absolute atomic E-state index is 13.0. The summed E-state index contributed by atoms with van der Waals surface area (Å²) in [6.07, 6.45) is 7.21. The second-order valence-electron chi connectivity index (χ2n) is 8.46. The van der Waals surface area contributed by atoms with Gasteiger partial charge in [-0.1, -0.05) is 110 Å². The summed E-state index contributed by atoms with van der Waals surface area (Å²) in [6.45, 7) is 2.29. The minimum atomic E-state index is -0.206. The molecule has 4 aromatic rings. The number of rotatable bonds is 8. The highest BCUT2D eigenvalue weighted by Crippen LogP contribution is 2.21. The molecule has 0 radical (unpaired) electrons. The van der Waals surface area contributed by atoms with Crippen LogP contribution in [0.4, 0.5) is 4.39 Å². The van der Waals surface area contributed by atoms with Crippen LogP contribution in [0, 0.1) is 5.82 Å². The Kier molecular flexibility index (Phi) is 7.30. The second-order valence-corrected chi connectivity index (χ2v) is 8.46. The molecular formula is C31H29F. The molecule has 32 heavy (non-hydrogen) atoms. The minimum Gasteiger partial charge on any atom is -0.207 e. The fourth-order valence-electron chi connectivity index (χ4n) is 3.95. The fourth-order valence-corrected chi connectivity index (χ4v) is 3.95. The van der Waals surface area contributed by atoms with Gasteiger partial charge in [-0.05, 0) is 70.7 Å². The molecule has 0 fully saturated rings. The lowest BCUT2D eigenvalue weighted by Crippen LogP contribution is -1.99. The molecule has 160 valence electrons. The third-order valence-electron chi connectivity index (χ3n) is 5.95. The predicted molar refractivity (Wildman–Crippen MR) is 134 cm³/mol. The van der Waals surface area contributed by atoms with Gasteiger partial charge in [-0.3, -0.25) is 0 Å². The molecule has 0 aliphatic rings. The number of benzene rings is 4. The molecular weight excluding hydrogens is 391 g/mol. The van der Waals surface area contributed by atoms with Gasteiger partial charge in [0.2, 0.25) is 0 Å². The minimum absolute atomic E-state index is 0.206. The summed E-state index contributed by atoms with van der Waals surface area (Å²) in [6, 6.07) is 35.0. The zero-order chi connectivity index (χ0) is 22.2. The molecule has 0 aromatic heterocycles. The first-order valence-electron chi connectivity index (χ1n) is 11.3. The molecule has 0 saturated heterocycles. The van der Waals surface area contributed by atoms with Gasteiger partial charge >= 0.3 is 0 Å². The van der Waals surface area contributed by atoms with Gasteiger partial charge in [-0.2, -0.15) is 0 Å². The van der Waals surface area contributed by atoms with Crippen LogP contribution in [-0.2, 0) is 19.3 Å². The first kappa shape index (κ1) is 21.8. The maximum atomic E-state index is 13.0. The van der Waals surface area contributed by atoms with E-state index in [0.717, 1.165) is 30.4 Å². The SMILES string of the molecule is CC(Cc1ccc(CCc2ccc(/C=C/c3ccc(F)cc3)cc2)cc1)c1ccccc1. The van der Waals surface area contributed by atoms with Crippen LogP contribution in [0.3, 0.4) is 0 Å². The topological polar surface area (TPSA) is 0 Å². The fraction of sp³-hybridized carbons (Fsp3) is 0.161. The van der Waals surface area contributed by atoms with Gasteiger partial charge in [-0.15, -0.1) is 0 Å². The van der Waals surface area contributed by atoms with E-state index in [2.05, 4.69) is 91.9 Å². The van der Waals surface area contributed by atoms with Gasteiger partial charge in [0.25, 0.3) is 0 Å². The first-order valence-corrected chi connectivity index (χ1v) is 11.3.